The first-order chi connectivity index (χ1) is 23.6. The number of hydrogen-bond acceptors (Lipinski definition) is 6. The Labute approximate surface area is 286 Å². The van der Waals surface area contributed by atoms with Crippen LogP contribution in [0.5, 0.6) is 5.75 Å². The minimum absolute atomic E-state index is 0.0399. The zero-order valence-corrected chi connectivity index (χ0v) is 28.2. The number of halogens is 3. The van der Waals surface area contributed by atoms with E-state index in [4.69, 9.17) is 9.47 Å². The van der Waals surface area contributed by atoms with Crippen LogP contribution in [-0.2, 0) is 14.3 Å². The first-order valence-electron chi connectivity index (χ1n) is 17.7. The molecule has 6 nitrogen and oxygen atoms in total. The summed E-state index contributed by atoms with van der Waals surface area (Å²) in [6.07, 6.45) is 4.03. The first kappa shape index (κ1) is 36.6. The van der Waals surface area contributed by atoms with Gasteiger partial charge in [-0.1, -0.05) is 55.8 Å². The number of rotatable bonds is 18. The summed E-state index contributed by atoms with van der Waals surface area (Å²) < 4.78 is 53.1. The lowest BCUT2D eigenvalue weighted by molar-refractivity contribution is -0.154. The Kier molecular flexibility index (Phi) is 12.2. The lowest BCUT2D eigenvalue weighted by Crippen LogP contribution is -2.54. The van der Waals surface area contributed by atoms with Gasteiger partial charge in [0.1, 0.15) is 24.4 Å². The van der Waals surface area contributed by atoms with Crippen LogP contribution < -0.4 is 4.74 Å². The van der Waals surface area contributed by atoms with Gasteiger partial charge in [-0.2, -0.15) is 13.2 Å². The number of aldehydes is 1. The molecule has 0 aromatic heterocycles. The molecule has 1 N–H and O–H groups in total. The van der Waals surface area contributed by atoms with E-state index in [1.165, 1.54) is 6.08 Å². The molecule has 0 radical (unpaired) electrons. The standard InChI is InChI=1S/C40H47F3O6/c1-2-9-27(32-12-5-6-15-36(32)48-25-24-45)10-7-16-37(46)39(49-30-20-19-29(26-30)40(41,42)43)22-8-14-34(35(39)21-23-44)38(47)33-13-4-3-11-31(33)28-17-18-28/h3-6,11-13,15,20,23,26-28,34-35,45H,2,7-10,14,16-19,21-22,24-25H2,1H3/t27?,34?,35?,39-/m0/s1. The summed E-state index contributed by atoms with van der Waals surface area (Å²) in [6.45, 7) is 2.13. The van der Waals surface area contributed by atoms with E-state index in [-0.39, 0.29) is 62.1 Å². The molecule has 0 saturated heterocycles. The van der Waals surface area contributed by atoms with Crippen molar-refractivity contribution in [3.05, 3.63) is 88.7 Å². The van der Waals surface area contributed by atoms with Crippen molar-refractivity contribution in [2.45, 2.75) is 108 Å². The van der Waals surface area contributed by atoms with Crippen LogP contribution in [0.2, 0.25) is 0 Å². The molecule has 0 bridgehead atoms. The number of aliphatic hydroxyl groups excluding tert-OH is 1. The highest BCUT2D eigenvalue weighted by atomic mass is 19.4. The number of alkyl halides is 3. The second kappa shape index (κ2) is 16.3. The summed E-state index contributed by atoms with van der Waals surface area (Å²) in [5.74, 6) is -0.917. The Morgan fingerprint density at radius 2 is 1.82 bits per heavy atom. The molecular weight excluding hydrogens is 633 g/mol. The summed E-state index contributed by atoms with van der Waals surface area (Å²) in [5.41, 5.74) is 0.178. The SMILES string of the molecule is CCCC(CCCC(=O)[C@]1(OC2=CCC(C(F)(F)F)=C2)CCCC(C(=O)c2ccccc2C2CC2)C1CC=O)c1ccccc1OCCO. The normalized spacial score (nSPS) is 23.0. The molecule has 2 aromatic carbocycles. The lowest BCUT2D eigenvalue weighted by Gasteiger charge is -2.46. The van der Waals surface area contributed by atoms with E-state index in [2.05, 4.69) is 6.92 Å². The highest BCUT2D eigenvalue weighted by Gasteiger charge is 2.54. The number of allylic oxidation sites excluding steroid dienone is 3. The number of Topliss-reactive ketones (excluding diaryl/α,β-unsaturated/α-hetero) is 2. The maximum atomic E-state index is 14.6. The summed E-state index contributed by atoms with van der Waals surface area (Å²) in [4.78, 5) is 41.1. The van der Waals surface area contributed by atoms with Crippen LogP contribution in [0.4, 0.5) is 13.2 Å². The Morgan fingerprint density at radius 1 is 1.06 bits per heavy atom. The monoisotopic (exact) mass is 680 g/mol. The predicted octanol–water partition coefficient (Wildman–Crippen LogP) is 8.98. The molecule has 49 heavy (non-hydrogen) atoms. The van der Waals surface area contributed by atoms with E-state index in [1.807, 2.05) is 42.5 Å². The maximum absolute atomic E-state index is 14.6. The average molecular weight is 681 g/mol. The van der Waals surface area contributed by atoms with Gasteiger partial charge in [0.2, 0.25) is 0 Å². The van der Waals surface area contributed by atoms with Gasteiger partial charge in [0.25, 0.3) is 0 Å². The zero-order chi connectivity index (χ0) is 35.0. The zero-order valence-electron chi connectivity index (χ0n) is 28.2. The first-order valence-corrected chi connectivity index (χ1v) is 17.7. The summed E-state index contributed by atoms with van der Waals surface area (Å²) in [6, 6.07) is 15.2. The molecule has 3 aliphatic rings. The summed E-state index contributed by atoms with van der Waals surface area (Å²) in [7, 11) is 0. The van der Waals surface area contributed by atoms with Gasteiger partial charge in [-0.15, -0.1) is 0 Å². The van der Waals surface area contributed by atoms with Crippen molar-refractivity contribution >= 4 is 17.9 Å². The van der Waals surface area contributed by atoms with Gasteiger partial charge in [-0.3, -0.25) is 9.59 Å². The molecule has 3 unspecified atom stereocenters. The van der Waals surface area contributed by atoms with Crippen LogP contribution in [0.15, 0.2) is 72.0 Å². The van der Waals surface area contributed by atoms with E-state index in [9.17, 15) is 32.7 Å². The van der Waals surface area contributed by atoms with Gasteiger partial charge in [0.15, 0.2) is 17.2 Å². The Bertz CT molecular complexity index is 1540. The topological polar surface area (TPSA) is 89.9 Å². The highest BCUT2D eigenvalue weighted by molar-refractivity contribution is 6.01. The predicted molar refractivity (Wildman–Crippen MR) is 180 cm³/mol. The molecule has 5 rings (SSSR count). The third-order valence-corrected chi connectivity index (χ3v) is 10.4. The number of para-hydroxylation sites is 1. The van der Waals surface area contributed by atoms with Crippen LogP contribution in [-0.4, -0.2) is 48.0 Å². The highest BCUT2D eigenvalue weighted by Crippen LogP contribution is 2.49. The fraction of sp³-hybridized carbons (Fsp3) is 0.525. The average Bonchev–Trinajstić information content (AvgIpc) is 3.84. The van der Waals surface area contributed by atoms with Gasteiger partial charge < -0.3 is 19.4 Å². The fourth-order valence-electron chi connectivity index (χ4n) is 7.88. The van der Waals surface area contributed by atoms with Gasteiger partial charge >= 0.3 is 6.18 Å². The molecule has 2 saturated carbocycles. The number of ketones is 2. The van der Waals surface area contributed by atoms with Crippen molar-refractivity contribution < 1.29 is 42.1 Å². The third kappa shape index (κ3) is 8.54. The van der Waals surface area contributed by atoms with Crippen molar-refractivity contribution in [2.24, 2.45) is 11.8 Å². The van der Waals surface area contributed by atoms with E-state index >= 15 is 0 Å². The van der Waals surface area contributed by atoms with Crippen LogP contribution in [0.25, 0.3) is 0 Å². The lowest BCUT2D eigenvalue weighted by atomic mass is 9.63. The fourth-order valence-corrected chi connectivity index (χ4v) is 7.88. The molecule has 264 valence electrons. The molecule has 3 aliphatic carbocycles. The molecule has 0 spiro atoms. The largest absolute Gasteiger partial charge is 0.491 e. The van der Waals surface area contributed by atoms with E-state index < -0.39 is 29.2 Å². The minimum atomic E-state index is -4.54. The van der Waals surface area contributed by atoms with Crippen LogP contribution in [0.3, 0.4) is 0 Å². The number of aliphatic hydroxyl groups is 1. The molecule has 2 aromatic rings. The van der Waals surface area contributed by atoms with E-state index in [0.717, 1.165) is 42.9 Å². The second-order valence-corrected chi connectivity index (χ2v) is 13.6. The van der Waals surface area contributed by atoms with E-state index in [1.54, 1.807) is 6.07 Å². The number of carbonyl (C=O) groups excluding carboxylic acids is 3. The number of carbonyl (C=O) groups is 3. The smallest absolute Gasteiger partial charge is 0.413 e. The van der Waals surface area contributed by atoms with E-state index in [0.29, 0.717) is 49.2 Å². The Hall–Kier alpha value is -3.72. The second-order valence-electron chi connectivity index (χ2n) is 13.6. The van der Waals surface area contributed by atoms with Gasteiger partial charge in [-0.05, 0) is 99.0 Å². The molecule has 0 amide bonds. The quantitative estimate of drug-likeness (QED) is 0.125. The van der Waals surface area contributed by atoms with Crippen LogP contribution in [0, 0.1) is 11.8 Å². The van der Waals surface area contributed by atoms with Gasteiger partial charge in [0, 0.05) is 35.8 Å². The summed E-state index contributed by atoms with van der Waals surface area (Å²) in [5, 5.41) is 9.30. The molecule has 0 aliphatic heterocycles. The molecular formula is C40H47F3O6. The Morgan fingerprint density at radius 3 is 2.51 bits per heavy atom. The molecule has 9 heteroatoms. The van der Waals surface area contributed by atoms with Crippen molar-refractivity contribution in [3.8, 4) is 5.75 Å². The summed E-state index contributed by atoms with van der Waals surface area (Å²) >= 11 is 0. The van der Waals surface area contributed by atoms with Crippen LogP contribution >= 0.6 is 0 Å². The maximum Gasteiger partial charge on any atom is 0.413 e. The Balaban J connectivity index is 1.44. The van der Waals surface area contributed by atoms with Crippen LogP contribution in [0.1, 0.15) is 117 Å². The van der Waals surface area contributed by atoms with Gasteiger partial charge in [-0.25, -0.2) is 0 Å². The third-order valence-electron chi connectivity index (χ3n) is 10.4. The minimum Gasteiger partial charge on any atom is -0.491 e. The van der Waals surface area contributed by atoms with Crippen molar-refractivity contribution in [2.75, 3.05) is 13.2 Å². The van der Waals surface area contributed by atoms with Crippen molar-refractivity contribution in [3.63, 3.8) is 0 Å². The molecule has 4 atom stereocenters. The van der Waals surface area contributed by atoms with Gasteiger partial charge in [0.05, 0.1) is 6.61 Å². The molecule has 0 heterocycles. The number of hydrogen-bond donors (Lipinski definition) is 1. The van der Waals surface area contributed by atoms with Crippen molar-refractivity contribution in [1.82, 2.24) is 0 Å². The van der Waals surface area contributed by atoms with Crippen molar-refractivity contribution in [1.29, 1.82) is 0 Å². The molecule has 2 fully saturated rings. The number of ether oxygens (including phenoxy) is 2. The number of benzene rings is 2.